The molecule has 8 nitrogen and oxygen atoms in total. The number of amides is 3. The average Bonchev–Trinajstić information content (AvgIpc) is 2.77. The van der Waals surface area contributed by atoms with Gasteiger partial charge >= 0.3 is 12.0 Å². The van der Waals surface area contributed by atoms with Crippen molar-refractivity contribution in [2.45, 2.75) is 6.92 Å². The summed E-state index contributed by atoms with van der Waals surface area (Å²) in [4.78, 5) is 35.1. The molecular weight excluding hydrogens is 408 g/mol. The number of halogens is 2. The van der Waals surface area contributed by atoms with Gasteiger partial charge in [-0.25, -0.2) is 9.69 Å². The van der Waals surface area contributed by atoms with Crippen LogP contribution in [-0.2, 0) is 9.59 Å². The molecule has 1 aromatic carbocycles. The van der Waals surface area contributed by atoms with Crippen LogP contribution in [0.5, 0.6) is 11.5 Å². The third-order valence-corrected chi connectivity index (χ3v) is 4.48. The van der Waals surface area contributed by atoms with E-state index < -0.39 is 24.5 Å². The monoisotopic (exact) mass is 418 g/mol. The Morgan fingerprint density at radius 1 is 1.50 bits per heavy atom. The van der Waals surface area contributed by atoms with Gasteiger partial charge in [0.25, 0.3) is 5.91 Å². The molecule has 24 heavy (non-hydrogen) atoms. The minimum Gasteiger partial charge on any atom is -0.503 e. The number of carbonyl (C=O) groups excluding carboxylic acids is 2. The van der Waals surface area contributed by atoms with Crippen LogP contribution in [-0.4, -0.2) is 46.2 Å². The number of carboxylic acids is 1. The van der Waals surface area contributed by atoms with Crippen molar-refractivity contribution in [3.05, 3.63) is 26.8 Å². The van der Waals surface area contributed by atoms with Crippen molar-refractivity contribution in [2.24, 2.45) is 0 Å². The van der Waals surface area contributed by atoms with E-state index in [4.69, 9.17) is 21.4 Å². The molecule has 0 aromatic heterocycles. The smallest absolute Gasteiger partial charge is 0.329 e. The van der Waals surface area contributed by atoms with Crippen LogP contribution in [0.25, 0.3) is 6.08 Å². The number of nitrogens with zero attached hydrogens (tertiary/aromatic N) is 1. The molecule has 0 saturated carbocycles. The van der Waals surface area contributed by atoms with Crippen LogP contribution >= 0.6 is 27.5 Å². The van der Waals surface area contributed by atoms with Crippen LogP contribution in [0.2, 0.25) is 5.02 Å². The second-order valence-electron chi connectivity index (χ2n) is 4.65. The van der Waals surface area contributed by atoms with E-state index in [1.807, 2.05) is 0 Å². The highest BCUT2D eigenvalue weighted by molar-refractivity contribution is 9.10. The molecule has 1 aliphatic heterocycles. The molecule has 10 heteroatoms. The van der Waals surface area contributed by atoms with Crippen LogP contribution in [0.1, 0.15) is 12.5 Å². The standard InChI is InChI=1S/C14H12BrClN2O6/c1-2-24-8-4-6(10(15)11(16)12(8)21)3-7-13(22)18(5-9(19)20)14(23)17-7/h3-4,21H,2,5H2,1H3,(H,17,23)(H,19,20)/b7-3+. The van der Waals surface area contributed by atoms with E-state index in [0.29, 0.717) is 10.5 Å². The number of nitrogens with one attached hydrogen (secondary N) is 1. The Balaban J connectivity index is 2.43. The molecule has 1 fully saturated rings. The average molecular weight is 420 g/mol. The van der Waals surface area contributed by atoms with Crippen molar-refractivity contribution in [1.29, 1.82) is 0 Å². The van der Waals surface area contributed by atoms with Crippen molar-refractivity contribution >= 4 is 51.5 Å². The van der Waals surface area contributed by atoms with Crippen molar-refractivity contribution in [3.8, 4) is 11.5 Å². The number of carbonyl (C=O) groups is 3. The number of aromatic hydroxyl groups is 1. The maximum absolute atomic E-state index is 12.1. The number of hydrogen-bond acceptors (Lipinski definition) is 5. The lowest BCUT2D eigenvalue weighted by molar-refractivity contribution is -0.140. The lowest BCUT2D eigenvalue weighted by Gasteiger charge is -2.11. The molecule has 0 aliphatic carbocycles. The molecule has 0 atom stereocenters. The molecule has 0 radical (unpaired) electrons. The third-order valence-electron chi connectivity index (χ3n) is 3.03. The van der Waals surface area contributed by atoms with Crippen LogP contribution in [0.3, 0.4) is 0 Å². The van der Waals surface area contributed by atoms with Gasteiger partial charge in [0.05, 0.1) is 6.61 Å². The van der Waals surface area contributed by atoms with Crippen LogP contribution in [0, 0.1) is 0 Å². The molecule has 1 saturated heterocycles. The molecule has 3 N–H and O–H groups in total. The van der Waals surface area contributed by atoms with E-state index in [-0.39, 0.29) is 33.3 Å². The van der Waals surface area contributed by atoms with Crippen molar-refractivity contribution in [2.75, 3.05) is 13.2 Å². The third kappa shape index (κ3) is 3.46. The second-order valence-corrected chi connectivity index (χ2v) is 5.82. The zero-order chi connectivity index (χ0) is 18.0. The fourth-order valence-corrected chi connectivity index (χ4v) is 2.61. The predicted molar refractivity (Wildman–Crippen MR) is 87.8 cm³/mol. The number of ether oxygens (including phenoxy) is 1. The lowest BCUT2D eigenvalue weighted by atomic mass is 10.1. The Morgan fingerprint density at radius 2 is 2.17 bits per heavy atom. The topological polar surface area (TPSA) is 116 Å². The van der Waals surface area contributed by atoms with Gasteiger partial charge in [0, 0.05) is 4.47 Å². The number of benzene rings is 1. The van der Waals surface area contributed by atoms with Gasteiger partial charge < -0.3 is 20.3 Å². The van der Waals surface area contributed by atoms with Gasteiger partial charge in [-0.1, -0.05) is 11.6 Å². The summed E-state index contributed by atoms with van der Waals surface area (Å²) < 4.78 is 5.54. The Bertz CT molecular complexity index is 764. The van der Waals surface area contributed by atoms with Crippen LogP contribution in [0.4, 0.5) is 4.79 Å². The first-order valence-electron chi connectivity index (χ1n) is 6.66. The van der Waals surface area contributed by atoms with E-state index >= 15 is 0 Å². The first-order valence-corrected chi connectivity index (χ1v) is 7.83. The molecule has 128 valence electrons. The number of hydrogen-bond donors (Lipinski definition) is 3. The number of imide groups is 1. The van der Waals surface area contributed by atoms with E-state index in [1.54, 1.807) is 6.92 Å². The predicted octanol–water partition coefficient (Wildman–Crippen LogP) is 2.18. The largest absolute Gasteiger partial charge is 0.503 e. The molecule has 2 rings (SSSR count). The summed E-state index contributed by atoms with van der Waals surface area (Å²) >= 11 is 9.20. The highest BCUT2D eigenvalue weighted by atomic mass is 79.9. The molecule has 1 aromatic rings. The molecular formula is C14H12BrClN2O6. The van der Waals surface area contributed by atoms with Crippen molar-refractivity contribution in [3.63, 3.8) is 0 Å². The number of phenols is 1. The zero-order valence-corrected chi connectivity index (χ0v) is 14.6. The minimum atomic E-state index is -1.31. The normalized spacial score (nSPS) is 15.8. The maximum Gasteiger partial charge on any atom is 0.329 e. The molecule has 3 amide bonds. The van der Waals surface area contributed by atoms with E-state index in [1.165, 1.54) is 12.1 Å². The number of carboxylic acid groups (broad SMARTS) is 1. The summed E-state index contributed by atoms with van der Waals surface area (Å²) in [6.45, 7) is 1.26. The van der Waals surface area contributed by atoms with E-state index in [0.717, 1.165) is 0 Å². The fraction of sp³-hybridized carbons (Fsp3) is 0.214. The number of phenolic OH excluding ortho intramolecular Hbond substituents is 1. The summed E-state index contributed by atoms with van der Waals surface area (Å²) in [5.41, 5.74) is 0.244. The van der Waals surface area contributed by atoms with Crippen LogP contribution in [0.15, 0.2) is 16.2 Å². The van der Waals surface area contributed by atoms with Crippen LogP contribution < -0.4 is 10.1 Å². The Morgan fingerprint density at radius 3 is 2.75 bits per heavy atom. The minimum absolute atomic E-state index is 0.0213. The lowest BCUT2D eigenvalue weighted by Crippen LogP contribution is -2.35. The highest BCUT2D eigenvalue weighted by Crippen LogP contribution is 2.42. The number of aliphatic carboxylic acids is 1. The van der Waals surface area contributed by atoms with Gasteiger partial charge in [-0.2, -0.15) is 0 Å². The van der Waals surface area contributed by atoms with Gasteiger partial charge in [0.1, 0.15) is 17.3 Å². The number of rotatable bonds is 5. The SMILES string of the molecule is CCOc1cc(/C=C2/NC(=O)N(CC(=O)O)C2=O)c(Br)c(Cl)c1O. The summed E-state index contributed by atoms with van der Waals surface area (Å²) in [5.74, 6) is -2.25. The first-order chi connectivity index (χ1) is 11.3. The second kappa shape index (κ2) is 7.10. The fourth-order valence-electron chi connectivity index (χ4n) is 1.99. The highest BCUT2D eigenvalue weighted by Gasteiger charge is 2.35. The summed E-state index contributed by atoms with van der Waals surface area (Å²) in [6, 6.07) is 0.598. The Kier molecular flexibility index (Phi) is 5.35. The zero-order valence-electron chi connectivity index (χ0n) is 12.3. The van der Waals surface area contributed by atoms with E-state index in [2.05, 4.69) is 21.2 Å². The quantitative estimate of drug-likeness (QED) is 0.498. The van der Waals surface area contributed by atoms with Gasteiger partial charge in [0.2, 0.25) is 0 Å². The summed E-state index contributed by atoms with van der Waals surface area (Å²) in [7, 11) is 0. The molecule has 1 aliphatic rings. The van der Waals surface area contributed by atoms with E-state index in [9.17, 15) is 19.5 Å². The van der Waals surface area contributed by atoms with Gasteiger partial charge in [-0.15, -0.1) is 0 Å². The van der Waals surface area contributed by atoms with Gasteiger partial charge in [0.15, 0.2) is 11.5 Å². The Hall–Kier alpha value is -2.26. The molecule has 0 bridgehead atoms. The first kappa shape index (κ1) is 18.1. The number of urea groups is 1. The van der Waals surface area contributed by atoms with Gasteiger partial charge in [-0.05, 0) is 40.6 Å². The summed E-state index contributed by atoms with van der Waals surface area (Å²) in [5, 5.41) is 20.9. The molecule has 0 unspecified atom stereocenters. The summed E-state index contributed by atoms with van der Waals surface area (Å²) in [6.07, 6.45) is 1.31. The molecule has 1 heterocycles. The van der Waals surface area contributed by atoms with Gasteiger partial charge in [-0.3, -0.25) is 9.59 Å². The van der Waals surface area contributed by atoms with Crippen molar-refractivity contribution in [1.82, 2.24) is 10.2 Å². The molecule has 0 spiro atoms. The maximum atomic E-state index is 12.1. The Labute approximate surface area is 149 Å². The van der Waals surface area contributed by atoms with Crippen molar-refractivity contribution < 1.29 is 29.3 Å².